The number of aryl methyl sites for hydroxylation is 2. The fourth-order valence-electron chi connectivity index (χ4n) is 2.98. The lowest BCUT2D eigenvalue weighted by molar-refractivity contribution is -0.128. The Labute approximate surface area is 156 Å². The number of rotatable bonds is 4. The topological polar surface area (TPSA) is 49.4 Å². The summed E-state index contributed by atoms with van der Waals surface area (Å²) in [5, 5.41) is 2.93. The number of amides is 2. The van der Waals surface area contributed by atoms with Crippen LogP contribution in [0.1, 0.15) is 23.1 Å². The number of anilines is 1. The highest BCUT2D eigenvalue weighted by Gasteiger charge is 2.34. The van der Waals surface area contributed by atoms with Crippen molar-refractivity contribution < 1.29 is 9.59 Å². The van der Waals surface area contributed by atoms with Gasteiger partial charge in [-0.3, -0.25) is 9.59 Å². The van der Waals surface area contributed by atoms with Crippen molar-refractivity contribution in [3.63, 3.8) is 0 Å². The monoisotopic (exact) mass is 400 g/mol. The molecule has 1 saturated heterocycles. The van der Waals surface area contributed by atoms with Gasteiger partial charge in [0.05, 0.1) is 5.92 Å². The molecule has 4 nitrogen and oxygen atoms in total. The highest BCUT2D eigenvalue weighted by atomic mass is 79.9. The summed E-state index contributed by atoms with van der Waals surface area (Å²) >= 11 is 3.45. The maximum absolute atomic E-state index is 12.5. The van der Waals surface area contributed by atoms with E-state index >= 15 is 0 Å². The Bertz CT molecular complexity index is 802. The zero-order chi connectivity index (χ0) is 18.0. The Hall–Kier alpha value is -2.14. The number of halogens is 1. The molecule has 3 rings (SSSR count). The van der Waals surface area contributed by atoms with Crippen molar-refractivity contribution in [1.29, 1.82) is 0 Å². The summed E-state index contributed by atoms with van der Waals surface area (Å²) in [5.41, 5.74) is 4.10. The number of likely N-dealkylation sites (tertiary alicyclic amines) is 1. The van der Waals surface area contributed by atoms with E-state index in [0.29, 0.717) is 13.1 Å². The van der Waals surface area contributed by atoms with Crippen LogP contribution in [-0.4, -0.2) is 23.3 Å². The number of benzene rings is 2. The van der Waals surface area contributed by atoms with Crippen LogP contribution in [0.15, 0.2) is 46.9 Å². The van der Waals surface area contributed by atoms with Crippen molar-refractivity contribution in [2.24, 2.45) is 5.92 Å². The van der Waals surface area contributed by atoms with Crippen LogP contribution >= 0.6 is 15.9 Å². The third-order valence-corrected chi connectivity index (χ3v) is 5.39. The maximum atomic E-state index is 12.5. The van der Waals surface area contributed by atoms with Crippen molar-refractivity contribution >= 4 is 33.4 Å². The minimum atomic E-state index is -0.304. The average Bonchev–Trinajstić information content (AvgIpc) is 2.94. The summed E-state index contributed by atoms with van der Waals surface area (Å²) in [6.45, 7) is 5.03. The molecule has 1 atom stereocenters. The minimum Gasteiger partial charge on any atom is -0.338 e. The van der Waals surface area contributed by atoms with Crippen LogP contribution < -0.4 is 5.32 Å². The first-order valence-electron chi connectivity index (χ1n) is 8.32. The molecule has 2 aromatic carbocycles. The van der Waals surface area contributed by atoms with Gasteiger partial charge in [-0.2, -0.15) is 0 Å². The molecule has 0 aromatic heterocycles. The van der Waals surface area contributed by atoms with E-state index in [1.165, 1.54) is 5.56 Å². The summed E-state index contributed by atoms with van der Waals surface area (Å²) in [7, 11) is 0. The largest absolute Gasteiger partial charge is 0.338 e. The number of carbonyl (C=O) groups is 2. The van der Waals surface area contributed by atoms with Crippen molar-refractivity contribution in [1.82, 2.24) is 4.90 Å². The van der Waals surface area contributed by atoms with E-state index in [-0.39, 0.29) is 24.2 Å². The van der Waals surface area contributed by atoms with Crippen LogP contribution in [0.5, 0.6) is 0 Å². The SMILES string of the molecule is Cc1ccc(CN2C[C@H](C(=O)Nc3ccc(Br)c(C)c3)CC2=O)cc1. The second kappa shape index (κ2) is 7.40. The van der Waals surface area contributed by atoms with Gasteiger partial charge in [0.1, 0.15) is 0 Å². The van der Waals surface area contributed by atoms with Gasteiger partial charge < -0.3 is 10.2 Å². The fourth-order valence-corrected chi connectivity index (χ4v) is 3.23. The fraction of sp³-hybridized carbons (Fsp3) is 0.300. The van der Waals surface area contributed by atoms with Gasteiger partial charge >= 0.3 is 0 Å². The number of hydrogen-bond donors (Lipinski definition) is 1. The van der Waals surface area contributed by atoms with Crippen molar-refractivity contribution in [3.8, 4) is 0 Å². The average molecular weight is 401 g/mol. The van der Waals surface area contributed by atoms with Crippen molar-refractivity contribution in [2.75, 3.05) is 11.9 Å². The molecule has 0 spiro atoms. The summed E-state index contributed by atoms with van der Waals surface area (Å²) in [6.07, 6.45) is 0.271. The molecule has 1 fully saturated rings. The molecule has 25 heavy (non-hydrogen) atoms. The van der Waals surface area contributed by atoms with Gasteiger partial charge in [-0.1, -0.05) is 45.8 Å². The molecule has 2 aromatic rings. The van der Waals surface area contributed by atoms with Gasteiger partial charge in [0.2, 0.25) is 11.8 Å². The van der Waals surface area contributed by atoms with Gasteiger partial charge in [0.15, 0.2) is 0 Å². The quantitative estimate of drug-likeness (QED) is 0.841. The third-order valence-electron chi connectivity index (χ3n) is 4.50. The first-order chi connectivity index (χ1) is 11.9. The number of nitrogens with zero attached hydrogens (tertiary/aromatic N) is 1. The van der Waals surface area contributed by atoms with Crippen LogP contribution in [0.2, 0.25) is 0 Å². The lowest BCUT2D eigenvalue weighted by Gasteiger charge is -2.17. The van der Waals surface area contributed by atoms with Crippen LogP contribution in [0, 0.1) is 19.8 Å². The molecule has 0 unspecified atom stereocenters. The van der Waals surface area contributed by atoms with Gasteiger partial charge in [-0.15, -0.1) is 0 Å². The Kier molecular flexibility index (Phi) is 5.23. The van der Waals surface area contributed by atoms with Gasteiger partial charge in [-0.25, -0.2) is 0 Å². The Morgan fingerprint density at radius 2 is 1.92 bits per heavy atom. The van der Waals surface area contributed by atoms with E-state index in [4.69, 9.17) is 0 Å². The van der Waals surface area contributed by atoms with Crippen LogP contribution in [0.4, 0.5) is 5.69 Å². The summed E-state index contributed by atoms with van der Waals surface area (Å²) in [4.78, 5) is 26.5. The van der Waals surface area contributed by atoms with Gasteiger partial charge in [0, 0.05) is 29.7 Å². The molecule has 5 heteroatoms. The molecule has 0 aliphatic carbocycles. The summed E-state index contributed by atoms with van der Waals surface area (Å²) in [5.74, 6) is -0.365. The third kappa shape index (κ3) is 4.28. The van der Waals surface area contributed by atoms with E-state index in [1.54, 1.807) is 4.90 Å². The van der Waals surface area contributed by atoms with E-state index in [0.717, 1.165) is 21.3 Å². The van der Waals surface area contributed by atoms with Crippen LogP contribution in [-0.2, 0) is 16.1 Å². The summed E-state index contributed by atoms with van der Waals surface area (Å²) < 4.78 is 1.01. The second-order valence-electron chi connectivity index (χ2n) is 6.61. The van der Waals surface area contributed by atoms with Crippen molar-refractivity contribution in [3.05, 3.63) is 63.6 Å². The molecule has 1 aliphatic rings. The molecule has 0 bridgehead atoms. The molecule has 0 saturated carbocycles. The highest BCUT2D eigenvalue weighted by Crippen LogP contribution is 2.24. The number of nitrogens with one attached hydrogen (secondary N) is 1. The standard InChI is InChI=1S/C20H21BrN2O2/c1-13-3-5-15(6-4-13)11-23-12-16(10-19(23)24)20(25)22-17-7-8-18(21)14(2)9-17/h3-9,16H,10-12H2,1-2H3,(H,22,25)/t16-/m1/s1. The molecule has 1 N–H and O–H groups in total. The predicted octanol–water partition coefficient (Wildman–Crippen LogP) is 4.05. The molecule has 130 valence electrons. The first-order valence-corrected chi connectivity index (χ1v) is 9.12. The van der Waals surface area contributed by atoms with Gasteiger partial charge in [0.25, 0.3) is 0 Å². The zero-order valence-corrected chi connectivity index (χ0v) is 16.0. The highest BCUT2D eigenvalue weighted by molar-refractivity contribution is 9.10. The molecular formula is C20H21BrN2O2. The maximum Gasteiger partial charge on any atom is 0.229 e. The number of hydrogen-bond acceptors (Lipinski definition) is 2. The lowest BCUT2D eigenvalue weighted by atomic mass is 10.1. The van der Waals surface area contributed by atoms with Crippen molar-refractivity contribution in [2.45, 2.75) is 26.8 Å². The van der Waals surface area contributed by atoms with E-state index < -0.39 is 0 Å². The molecule has 1 aliphatic heterocycles. The Balaban J connectivity index is 1.62. The van der Waals surface area contributed by atoms with Gasteiger partial charge in [-0.05, 0) is 43.2 Å². The van der Waals surface area contributed by atoms with Crippen LogP contribution in [0.3, 0.4) is 0 Å². The van der Waals surface area contributed by atoms with Crippen LogP contribution in [0.25, 0.3) is 0 Å². The normalized spacial score (nSPS) is 17.0. The lowest BCUT2D eigenvalue weighted by Crippen LogP contribution is -2.28. The smallest absolute Gasteiger partial charge is 0.229 e. The van der Waals surface area contributed by atoms with E-state index in [2.05, 4.69) is 21.2 Å². The van der Waals surface area contributed by atoms with E-state index in [1.807, 2.05) is 56.3 Å². The summed E-state index contributed by atoms with van der Waals surface area (Å²) in [6, 6.07) is 13.8. The van der Waals surface area contributed by atoms with E-state index in [9.17, 15) is 9.59 Å². The predicted molar refractivity (Wildman–Crippen MR) is 102 cm³/mol. The molecule has 1 heterocycles. The number of carbonyl (C=O) groups excluding carboxylic acids is 2. The molecular weight excluding hydrogens is 380 g/mol. The molecule has 2 amide bonds. The Morgan fingerprint density at radius 1 is 1.20 bits per heavy atom. The minimum absolute atomic E-state index is 0.0349. The second-order valence-corrected chi connectivity index (χ2v) is 7.47. The molecule has 0 radical (unpaired) electrons. The Morgan fingerprint density at radius 3 is 2.60 bits per heavy atom. The first kappa shape index (κ1) is 17.7. The zero-order valence-electron chi connectivity index (χ0n) is 14.4.